The molecule has 0 heterocycles. The third-order valence-corrected chi connectivity index (χ3v) is 2.62. The van der Waals surface area contributed by atoms with Gasteiger partial charge in [-0.25, -0.2) is 4.79 Å². The molecule has 0 aromatic heterocycles. The van der Waals surface area contributed by atoms with E-state index >= 15 is 0 Å². The maximum absolute atomic E-state index is 11.6. The van der Waals surface area contributed by atoms with E-state index in [4.69, 9.17) is 0 Å². The van der Waals surface area contributed by atoms with Crippen LogP contribution in [-0.2, 0) is 14.3 Å². The highest BCUT2D eigenvalue weighted by Gasteiger charge is 2.19. The molecule has 4 heteroatoms. The molecule has 1 amide bonds. The highest BCUT2D eigenvalue weighted by atomic mass is 16.5. The van der Waals surface area contributed by atoms with Crippen molar-refractivity contribution in [1.29, 1.82) is 0 Å². The van der Waals surface area contributed by atoms with Gasteiger partial charge in [-0.3, -0.25) is 4.79 Å². The van der Waals surface area contributed by atoms with E-state index in [1.54, 1.807) is 0 Å². The minimum absolute atomic E-state index is 0.00912. The molecule has 1 aliphatic carbocycles. The molecule has 0 unspecified atom stereocenters. The van der Waals surface area contributed by atoms with Crippen LogP contribution in [0.5, 0.6) is 0 Å². The van der Waals surface area contributed by atoms with Crippen molar-refractivity contribution in [3.8, 4) is 0 Å². The summed E-state index contributed by atoms with van der Waals surface area (Å²) < 4.78 is 4.40. The Kier molecular flexibility index (Phi) is 4.87. The lowest BCUT2D eigenvalue weighted by Gasteiger charge is -2.19. The van der Waals surface area contributed by atoms with Gasteiger partial charge in [0.2, 0.25) is 5.91 Å². The molecule has 1 saturated carbocycles. The number of carbonyl (C=O) groups excluding carboxylic acids is 2. The van der Waals surface area contributed by atoms with Gasteiger partial charge in [-0.2, -0.15) is 0 Å². The molecule has 15 heavy (non-hydrogen) atoms. The zero-order chi connectivity index (χ0) is 11.1. The maximum atomic E-state index is 11.6. The van der Waals surface area contributed by atoms with Crippen molar-refractivity contribution in [2.24, 2.45) is 5.92 Å². The van der Waals surface area contributed by atoms with Crippen LogP contribution in [0.25, 0.3) is 0 Å². The summed E-state index contributed by atoms with van der Waals surface area (Å²) in [5, 5.41) is 2.60. The molecular weight excluding hydrogens is 194 g/mol. The number of amides is 1. The molecule has 0 atom stereocenters. The Balaban J connectivity index is 2.28. The molecular formula is C11H17NO3. The van der Waals surface area contributed by atoms with Crippen LogP contribution in [0.3, 0.4) is 0 Å². The van der Waals surface area contributed by atoms with E-state index < -0.39 is 5.97 Å². The fourth-order valence-corrected chi connectivity index (χ4v) is 1.74. The van der Waals surface area contributed by atoms with E-state index in [0.717, 1.165) is 25.7 Å². The number of carbonyl (C=O) groups is 2. The topological polar surface area (TPSA) is 55.4 Å². The number of hydrogen-bond acceptors (Lipinski definition) is 3. The van der Waals surface area contributed by atoms with Gasteiger partial charge in [0.1, 0.15) is 0 Å². The summed E-state index contributed by atoms with van der Waals surface area (Å²) in [7, 11) is 1.30. The van der Waals surface area contributed by atoms with Gasteiger partial charge >= 0.3 is 5.97 Å². The smallest absolute Gasteiger partial charge is 0.331 e. The lowest BCUT2D eigenvalue weighted by molar-refractivity contribution is -0.134. The number of esters is 1. The second-order valence-electron chi connectivity index (χ2n) is 3.70. The van der Waals surface area contributed by atoms with Crippen LogP contribution in [0.4, 0.5) is 0 Å². The van der Waals surface area contributed by atoms with Crippen LogP contribution in [0, 0.1) is 5.92 Å². The quantitative estimate of drug-likeness (QED) is 0.566. The zero-order valence-corrected chi connectivity index (χ0v) is 8.99. The predicted molar refractivity (Wildman–Crippen MR) is 55.9 cm³/mol. The van der Waals surface area contributed by atoms with Gasteiger partial charge in [-0.15, -0.1) is 0 Å². The Morgan fingerprint density at radius 3 is 2.53 bits per heavy atom. The SMILES string of the molecule is COC(=O)/C=C\NC(=O)C1CCCCC1. The van der Waals surface area contributed by atoms with E-state index in [-0.39, 0.29) is 11.8 Å². The second kappa shape index (κ2) is 6.22. The average molecular weight is 211 g/mol. The monoisotopic (exact) mass is 211 g/mol. The first-order valence-corrected chi connectivity index (χ1v) is 5.29. The van der Waals surface area contributed by atoms with Gasteiger partial charge in [-0.05, 0) is 12.8 Å². The van der Waals surface area contributed by atoms with E-state index in [0.29, 0.717) is 0 Å². The van der Waals surface area contributed by atoms with Crippen molar-refractivity contribution in [1.82, 2.24) is 5.32 Å². The van der Waals surface area contributed by atoms with Gasteiger partial charge in [0.15, 0.2) is 0 Å². The van der Waals surface area contributed by atoms with Crippen molar-refractivity contribution in [2.75, 3.05) is 7.11 Å². The third-order valence-electron chi connectivity index (χ3n) is 2.62. The van der Waals surface area contributed by atoms with Gasteiger partial charge in [0, 0.05) is 18.2 Å². The minimum atomic E-state index is -0.459. The molecule has 0 saturated heterocycles. The van der Waals surface area contributed by atoms with Crippen LogP contribution < -0.4 is 5.32 Å². The Morgan fingerprint density at radius 2 is 1.93 bits per heavy atom. The Hall–Kier alpha value is -1.32. The lowest BCUT2D eigenvalue weighted by Crippen LogP contribution is -2.28. The van der Waals surface area contributed by atoms with E-state index in [2.05, 4.69) is 10.1 Å². The molecule has 1 fully saturated rings. The number of ether oxygens (including phenoxy) is 1. The first-order valence-electron chi connectivity index (χ1n) is 5.29. The molecule has 1 N–H and O–H groups in total. The van der Waals surface area contributed by atoms with Gasteiger partial charge in [-0.1, -0.05) is 19.3 Å². The van der Waals surface area contributed by atoms with Gasteiger partial charge in [0.25, 0.3) is 0 Å². The summed E-state index contributed by atoms with van der Waals surface area (Å²) in [6, 6.07) is 0. The molecule has 0 aromatic carbocycles. The molecule has 1 rings (SSSR count). The summed E-state index contributed by atoms with van der Waals surface area (Å²) in [6.07, 6.45) is 7.94. The molecule has 1 aliphatic rings. The Morgan fingerprint density at radius 1 is 1.27 bits per heavy atom. The average Bonchev–Trinajstić information content (AvgIpc) is 2.29. The first kappa shape index (κ1) is 11.8. The van der Waals surface area contributed by atoms with Crippen molar-refractivity contribution < 1.29 is 14.3 Å². The highest BCUT2D eigenvalue weighted by Crippen LogP contribution is 2.23. The van der Waals surface area contributed by atoms with Crippen molar-refractivity contribution in [2.45, 2.75) is 32.1 Å². The van der Waals surface area contributed by atoms with Gasteiger partial charge < -0.3 is 10.1 Å². The number of rotatable bonds is 3. The molecule has 0 bridgehead atoms. The van der Waals surface area contributed by atoms with Crippen molar-refractivity contribution >= 4 is 11.9 Å². The summed E-state index contributed by atoms with van der Waals surface area (Å²) in [6.45, 7) is 0. The van der Waals surface area contributed by atoms with E-state index in [1.165, 1.54) is 25.8 Å². The van der Waals surface area contributed by atoms with E-state index in [9.17, 15) is 9.59 Å². The predicted octanol–water partition coefficient (Wildman–Crippen LogP) is 1.37. The van der Waals surface area contributed by atoms with Gasteiger partial charge in [0.05, 0.1) is 7.11 Å². The van der Waals surface area contributed by atoms with Crippen molar-refractivity contribution in [3.05, 3.63) is 12.3 Å². The third kappa shape index (κ3) is 4.14. The van der Waals surface area contributed by atoms with E-state index in [1.807, 2.05) is 0 Å². The number of hydrogen-bond donors (Lipinski definition) is 1. The molecule has 0 aliphatic heterocycles. The van der Waals surface area contributed by atoms with Crippen molar-refractivity contribution in [3.63, 3.8) is 0 Å². The largest absolute Gasteiger partial charge is 0.466 e. The number of nitrogens with one attached hydrogen (secondary N) is 1. The normalized spacial score (nSPS) is 17.7. The highest BCUT2D eigenvalue weighted by molar-refractivity contribution is 5.84. The summed E-state index contributed by atoms with van der Waals surface area (Å²) in [5.41, 5.74) is 0. The molecule has 0 radical (unpaired) electrons. The molecule has 0 aromatic rings. The fraction of sp³-hybridized carbons (Fsp3) is 0.636. The van der Waals surface area contributed by atoms with Crippen LogP contribution in [0.1, 0.15) is 32.1 Å². The fourth-order valence-electron chi connectivity index (χ4n) is 1.74. The number of methoxy groups -OCH3 is 1. The Labute approximate surface area is 89.7 Å². The van der Waals surface area contributed by atoms with Crippen LogP contribution in [0.2, 0.25) is 0 Å². The van der Waals surface area contributed by atoms with Crippen LogP contribution >= 0.6 is 0 Å². The standard InChI is InChI=1S/C11H17NO3/c1-15-10(13)7-8-12-11(14)9-5-3-2-4-6-9/h7-9H,2-6H2,1H3,(H,12,14)/b8-7-. The molecule has 0 spiro atoms. The summed E-state index contributed by atoms with van der Waals surface area (Å²) in [5.74, 6) is -0.338. The maximum Gasteiger partial charge on any atom is 0.331 e. The van der Waals surface area contributed by atoms with Crippen LogP contribution in [0.15, 0.2) is 12.3 Å². The summed E-state index contributed by atoms with van der Waals surface area (Å²) >= 11 is 0. The molecule has 84 valence electrons. The lowest BCUT2D eigenvalue weighted by atomic mass is 9.89. The summed E-state index contributed by atoms with van der Waals surface area (Å²) in [4.78, 5) is 22.3. The van der Waals surface area contributed by atoms with Crippen LogP contribution in [-0.4, -0.2) is 19.0 Å². The zero-order valence-electron chi connectivity index (χ0n) is 8.99. The second-order valence-corrected chi connectivity index (χ2v) is 3.70. The Bertz CT molecular complexity index is 255. The minimum Gasteiger partial charge on any atom is -0.466 e. The molecule has 4 nitrogen and oxygen atoms in total. The first-order chi connectivity index (χ1) is 7.24.